The van der Waals surface area contributed by atoms with Gasteiger partial charge in [0.05, 0.1) is 0 Å². The van der Waals surface area contributed by atoms with Crippen molar-refractivity contribution in [1.29, 1.82) is 0 Å². The minimum atomic E-state index is -0.387. The van der Waals surface area contributed by atoms with Crippen molar-refractivity contribution in [3.8, 4) is 16.9 Å². The molecule has 0 aliphatic rings. The maximum absolute atomic E-state index is 11.4. The largest absolute Gasteiger partial charge is 0.507 e. The van der Waals surface area contributed by atoms with E-state index in [1.54, 1.807) is 6.07 Å². The summed E-state index contributed by atoms with van der Waals surface area (Å²) in [5.41, 5.74) is 3.91. The van der Waals surface area contributed by atoms with E-state index in [-0.39, 0.29) is 11.7 Å². The number of hydrogen-bond donors (Lipinski definition) is 3. The summed E-state index contributed by atoms with van der Waals surface area (Å²) in [6.07, 6.45) is 0. The van der Waals surface area contributed by atoms with Gasteiger partial charge < -0.3 is 5.11 Å². The molecule has 4 N–H and O–H groups in total. The van der Waals surface area contributed by atoms with E-state index in [0.29, 0.717) is 11.1 Å². The highest BCUT2D eigenvalue weighted by molar-refractivity contribution is 5.95. The molecule has 4 nitrogen and oxygen atoms in total. The quantitative estimate of drug-likeness (QED) is 0.415. The van der Waals surface area contributed by atoms with E-state index in [1.807, 2.05) is 30.3 Å². The number of rotatable bonds is 2. The molecule has 4 heteroatoms. The zero-order valence-electron chi connectivity index (χ0n) is 9.05. The summed E-state index contributed by atoms with van der Waals surface area (Å²) >= 11 is 0. The van der Waals surface area contributed by atoms with Gasteiger partial charge in [0.2, 0.25) is 0 Å². The lowest BCUT2D eigenvalue weighted by Crippen LogP contribution is -2.29. The van der Waals surface area contributed by atoms with Crippen LogP contribution in [-0.4, -0.2) is 11.0 Å². The molecule has 1 amide bonds. The van der Waals surface area contributed by atoms with Crippen LogP contribution in [0.4, 0.5) is 0 Å². The third-order valence-corrected chi connectivity index (χ3v) is 2.47. The highest BCUT2D eigenvalue weighted by Crippen LogP contribution is 2.29. The normalized spacial score (nSPS) is 9.94. The molecule has 0 atom stereocenters. The van der Waals surface area contributed by atoms with Crippen LogP contribution in [0.5, 0.6) is 5.75 Å². The first-order valence-corrected chi connectivity index (χ1v) is 5.12. The molecular weight excluding hydrogens is 216 g/mol. The second-order valence-electron chi connectivity index (χ2n) is 3.57. The average Bonchev–Trinajstić information content (AvgIpc) is 2.39. The van der Waals surface area contributed by atoms with Crippen molar-refractivity contribution in [3.63, 3.8) is 0 Å². The number of nitrogens with two attached hydrogens (primary N) is 1. The maximum atomic E-state index is 11.4. The molecule has 2 rings (SSSR count). The maximum Gasteiger partial charge on any atom is 0.265 e. The summed E-state index contributed by atoms with van der Waals surface area (Å²) in [4.78, 5) is 11.4. The number of carbonyl (C=O) groups excluding carboxylic acids is 1. The van der Waals surface area contributed by atoms with Crippen LogP contribution in [0.25, 0.3) is 11.1 Å². The molecule has 2 aromatic rings. The molecule has 0 heterocycles. The van der Waals surface area contributed by atoms with Gasteiger partial charge in [0.25, 0.3) is 5.91 Å². The Hall–Kier alpha value is -2.33. The Labute approximate surface area is 98.7 Å². The minimum Gasteiger partial charge on any atom is -0.507 e. The second-order valence-corrected chi connectivity index (χ2v) is 3.57. The van der Waals surface area contributed by atoms with Gasteiger partial charge in [-0.25, -0.2) is 5.84 Å². The van der Waals surface area contributed by atoms with Crippen molar-refractivity contribution in [3.05, 3.63) is 54.1 Å². The zero-order chi connectivity index (χ0) is 12.3. The van der Waals surface area contributed by atoms with Crippen molar-refractivity contribution in [1.82, 2.24) is 5.43 Å². The molecule has 0 unspecified atom stereocenters. The Morgan fingerprint density at radius 2 is 1.82 bits per heavy atom. The molecule has 0 spiro atoms. The Bertz CT molecular complexity index is 538. The highest BCUT2D eigenvalue weighted by Gasteiger charge is 2.09. The van der Waals surface area contributed by atoms with Crippen molar-refractivity contribution in [2.75, 3.05) is 0 Å². The first-order valence-electron chi connectivity index (χ1n) is 5.12. The van der Waals surface area contributed by atoms with E-state index >= 15 is 0 Å². The van der Waals surface area contributed by atoms with Gasteiger partial charge in [-0.1, -0.05) is 30.3 Å². The lowest BCUT2D eigenvalue weighted by molar-refractivity contribution is 0.0953. The summed E-state index contributed by atoms with van der Waals surface area (Å²) in [5, 5.41) is 9.78. The molecule has 0 fully saturated rings. The number of carbonyl (C=O) groups is 1. The number of nitrogens with one attached hydrogen (secondary N) is 1. The van der Waals surface area contributed by atoms with Crippen LogP contribution in [-0.2, 0) is 0 Å². The number of benzene rings is 2. The van der Waals surface area contributed by atoms with Crippen LogP contribution in [0.3, 0.4) is 0 Å². The van der Waals surface area contributed by atoms with Crippen LogP contribution in [0.15, 0.2) is 48.5 Å². The van der Waals surface area contributed by atoms with Gasteiger partial charge in [-0.05, 0) is 23.8 Å². The van der Waals surface area contributed by atoms with Gasteiger partial charge in [0.1, 0.15) is 5.75 Å². The molecule has 0 aromatic heterocycles. The SMILES string of the molecule is NNC(=O)c1ccc(O)c(-c2ccccc2)c1. The minimum absolute atomic E-state index is 0.129. The van der Waals surface area contributed by atoms with Crippen molar-refractivity contribution in [2.45, 2.75) is 0 Å². The van der Waals surface area contributed by atoms with Crippen LogP contribution >= 0.6 is 0 Å². The van der Waals surface area contributed by atoms with E-state index in [0.717, 1.165) is 5.56 Å². The molecule has 0 saturated carbocycles. The van der Waals surface area contributed by atoms with E-state index in [9.17, 15) is 9.90 Å². The zero-order valence-corrected chi connectivity index (χ0v) is 9.05. The number of hydrazine groups is 1. The number of aromatic hydroxyl groups is 1. The average molecular weight is 228 g/mol. The van der Waals surface area contributed by atoms with Crippen molar-refractivity contribution >= 4 is 5.91 Å². The molecule has 86 valence electrons. The molecule has 0 aliphatic heterocycles. The number of phenols is 1. The highest BCUT2D eigenvalue weighted by atomic mass is 16.3. The first kappa shape index (κ1) is 11.2. The Morgan fingerprint density at radius 3 is 2.47 bits per heavy atom. The number of nitrogen functional groups attached to an aromatic ring is 1. The predicted molar refractivity (Wildman–Crippen MR) is 65.2 cm³/mol. The Balaban J connectivity index is 2.50. The van der Waals surface area contributed by atoms with Crippen LogP contribution in [0.1, 0.15) is 10.4 Å². The van der Waals surface area contributed by atoms with E-state index < -0.39 is 0 Å². The summed E-state index contributed by atoms with van der Waals surface area (Å²) < 4.78 is 0. The third kappa shape index (κ3) is 2.26. The van der Waals surface area contributed by atoms with E-state index in [2.05, 4.69) is 5.43 Å². The van der Waals surface area contributed by atoms with E-state index in [1.165, 1.54) is 12.1 Å². The standard InChI is InChI=1S/C13H12N2O2/c14-15-13(17)10-6-7-12(16)11(8-10)9-4-2-1-3-5-9/h1-8,16H,14H2,(H,15,17). The fourth-order valence-electron chi connectivity index (χ4n) is 1.61. The molecule has 2 aromatic carbocycles. The van der Waals surface area contributed by atoms with Crippen LogP contribution in [0, 0.1) is 0 Å². The molecule has 0 radical (unpaired) electrons. The lowest BCUT2D eigenvalue weighted by atomic mass is 10.0. The van der Waals surface area contributed by atoms with Gasteiger partial charge in [-0.3, -0.25) is 10.2 Å². The summed E-state index contributed by atoms with van der Waals surface area (Å²) in [6, 6.07) is 13.9. The van der Waals surface area contributed by atoms with Crippen molar-refractivity contribution < 1.29 is 9.90 Å². The molecule has 0 saturated heterocycles. The Morgan fingerprint density at radius 1 is 1.12 bits per heavy atom. The van der Waals surface area contributed by atoms with Gasteiger partial charge in [-0.15, -0.1) is 0 Å². The Kier molecular flexibility index (Phi) is 3.07. The number of hydrogen-bond acceptors (Lipinski definition) is 3. The fourth-order valence-corrected chi connectivity index (χ4v) is 1.61. The lowest BCUT2D eigenvalue weighted by Gasteiger charge is -2.07. The van der Waals surface area contributed by atoms with Gasteiger partial charge in [-0.2, -0.15) is 0 Å². The molecular formula is C13H12N2O2. The summed E-state index contributed by atoms with van der Waals surface area (Å²) in [7, 11) is 0. The summed E-state index contributed by atoms with van der Waals surface area (Å²) in [5.74, 6) is 4.81. The van der Waals surface area contributed by atoms with E-state index in [4.69, 9.17) is 5.84 Å². The topological polar surface area (TPSA) is 75.3 Å². The molecule has 0 aliphatic carbocycles. The predicted octanol–water partition coefficient (Wildman–Crippen LogP) is 1.66. The van der Waals surface area contributed by atoms with Gasteiger partial charge >= 0.3 is 0 Å². The van der Waals surface area contributed by atoms with Crippen LogP contribution < -0.4 is 11.3 Å². The second kappa shape index (κ2) is 4.67. The summed E-state index contributed by atoms with van der Waals surface area (Å²) in [6.45, 7) is 0. The molecule has 17 heavy (non-hydrogen) atoms. The smallest absolute Gasteiger partial charge is 0.265 e. The number of phenolic OH excluding ortho intramolecular Hbond substituents is 1. The first-order chi connectivity index (χ1) is 8.22. The number of amides is 1. The van der Waals surface area contributed by atoms with Crippen LogP contribution in [0.2, 0.25) is 0 Å². The molecule has 0 bridgehead atoms. The van der Waals surface area contributed by atoms with Gasteiger partial charge in [0, 0.05) is 11.1 Å². The fraction of sp³-hybridized carbons (Fsp3) is 0. The van der Waals surface area contributed by atoms with Gasteiger partial charge in [0.15, 0.2) is 0 Å². The van der Waals surface area contributed by atoms with Crippen molar-refractivity contribution in [2.24, 2.45) is 5.84 Å². The third-order valence-electron chi connectivity index (χ3n) is 2.47. The monoisotopic (exact) mass is 228 g/mol.